The number of halogens is 3. The van der Waals surface area contributed by atoms with Gasteiger partial charge in [-0.1, -0.05) is 43.4 Å². The van der Waals surface area contributed by atoms with Crippen LogP contribution in [0.25, 0.3) is 5.57 Å². The van der Waals surface area contributed by atoms with Gasteiger partial charge in [0.2, 0.25) is 5.76 Å². The molecule has 2 aliphatic rings. The van der Waals surface area contributed by atoms with Crippen molar-refractivity contribution in [3.8, 4) is 0 Å². The highest BCUT2D eigenvalue weighted by Gasteiger charge is 2.41. The molecule has 168 valence electrons. The quantitative estimate of drug-likeness (QED) is 0.568. The first-order chi connectivity index (χ1) is 15.3. The lowest BCUT2D eigenvalue weighted by molar-refractivity contribution is -0.153. The third-order valence-electron chi connectivity index (χ3n) is 6.07. The van der Waals surface area contributed by atoms with E-state index in [-0.39, 0.29) is 17.4 Å². The summed E-state index contributed by atoms with van der Waals surface area (Å²) in [6, 6.07) is 7.28. The number of nitrogens with one attached hydrogen (secondary N) is 1. The third kappa shape index (κ3) is 4.45. The molecule has 1 unspecified atom stereocenters. The summed E-state index contributed by atoms with van der Waals surface area (Å²) in [4.78, 5) is 12.8. The summed E-state index contributed by atoms with van der Waals surface area (Å²) in [5.41, 5.74) is 3.31. The minimum atomic E-state index is -4.56. The average molecular weight is 441 g/mol. The minimum Gasteiger partial charge on any atom is -0.456 e. The monoisotopic (exact) mass is 441 g/mol. The first kappa shape index (κ1) is 22.2. The van der Waals surface area contributed by atoms with Crippen LogP contribution in [0, 0.1) is 12.8 Å². The molecule has 1 aromatic carbocycles. The fourth-order valence-electron chi connectivity index (χ4n) is 4.38. The maximum Gasteiger partial charge on any atom is 0.450 e. The normalized spacial score (nSPS) is 18.5. The highest BCUT2D eigenvalue weighted by atomic mass is 19.4. The number of hydrogen-bond acceptors (Lipinski definition) is 2. The Morgan fingerprint density at radius 2 is 1.88 bits per heavy atom. The molecule has 1 N–H and O–H groups in total. The predicted octanol–water partition coefficient (Wildman–Crippen LogP) is 6.78. The molecule has 1 atom stereocenters. The number of fused-ring (bicyclic) bond motifs is 1. The Bertz CT molecular complexity index is 1120. The van der Waals surface area contributed by atoms with Crippen molar-refractivity contribution in [3.05, 3.63) is 88.0 Å². The first-order valence-electron chi connectivity index (χ1n) is 11.0. The van der Waals surface area contributed by atoms with E-state index in [0.717, 1.165) is 18.4 Å². The van der Waals surface area contributed by atoms with Gasteiger partial charge in [0.25, 0.3) is 5.91 Å². The number of benzene rings is 1. The number of aryl methyl sites for hydroxylation is 2. The molecule has 0 fully saturated rings. The van der Waals surface area contributed by atoms with Crippen LogP contribution in [0.3, 0.4) is 0 Å². The summed E-state index contributed by atoms with van der Waals surface area (Å²) in [5.74, 6) is -0.829. The smallest absolute Gasteiger partial charge is 0.450 e. The summed E-state index contributed by atoms with van der Waals surface area (Å²) >= 11 is 0. The Balaban J connectivity index is 1.69. The Hall–Kier alpha value is -3.02. The fourth-order valence-corrected chi connectivity index (χ4v) is 4.38. The molecule has 0 saturated heterocycles. The van der Waals surface area contributed by atoms with Crippen LogP contribution < -0.4 is 5.32 Å². The molecule has 4 rings (SSSR count). The second kappa shape index (κ2) is 8.85. The van der Waals surface area contributed by atoms with E-state index >= 15 is 0 Å². The van der Waals surface area contributed by atoms with E-state index in [1.807, 2.05) is 38.1 Å². The van der Waals surface area contributed by atoms with Crippen molar-refractivity contribution in [2.75, 3.05) is 0 Å². The van der Waals surface area contributed by atoms with Gasteiger partial charge >= 0.3 is 6.18 Å². The van der Waals surface area contributed by atoms with Crippen molar-refractivity contribution in [1.29, 1.82) is 0 Å². The van der Waals surface area contributed by atoms with Crippen molar-refractivity contribution in [3.63, 3.8) is 0 Å². The lowest BCUT2D eigenvalue weighted by Gasteiger charge is -2.13. The van der Waals surface area contributed by atoms with E-state index in [0.29, 0.717) is 47.4 Å². The van der Waals surface area contributed by atoms with Gasteiger partial charge in [-0.25, -0.2) is 0 Å². The Labute approximate surface area is 185 Å². The van der Waals surface area contributed by atoms with E-state index < -0.39 is 11.9 Å². The average Bonchev–Trinajstić information content (AvgIpc) is 3.04. The van der Waals surface area contributed by atoms with Gasteiger partial charge in [0.15, 0.2) is 0 Å². The van der Waals surface area contributed by atoms with Gasteiger partial charge < -0.3 is 9.73 Å². The molecule has 3 nitrogen and oxygen atoms in total. The molecule has 0 aliphatic heterocycles. The van der Waals surface area contributed by atoms with Gasteiger partial charge in [0.05, 0.1) is 0 Å². The molecule has 0 bridgehead atoms. The Morgan fingerprint density at radius 3 is 2.59 bits per heavy atom. The standard InChI is InChI=1S/C26H26F3NO2/c1-3-17-14-18(23-21-10-6-7-11-22(21)32-24(23)26(27,28)29)12-13-19(15-17)30-25(31)20-9-5-4-8-16(20)2/h4-5,8-9,12-15,17H,3,6-7,10-11H2,1-2H3,(H,30,31). The molecule has 0 radical (unpaired) electrons. The number of amides is 1. The van der Waals surface area contributed by atoms with Gasteiger partial charge in [0, 0.05) is 28.8 Å². The van der Waals surface area contributed by atoms with Crippen LogP contribution in [0.4, 0.5) is 13.2 Å². The number of allylic oxidation sites excluding steroid dienone is 5. The predicted molar refractivity (Wildman–Crippen MR) is 118 cm³/mol. The first-order valence-corrected chi connectivity index (χ1v) is 11.0. The summed E-state index contributed by atoms with van der Waals surface area (Å²) in [5, 5.41) is 2.91. The molecular formula is C26H26F3NO2. The molecule has 1 heterocycles. The molecular weight excluding hydrogens is 415 g/mol. The van der Waals surface area contributed by atoms with Crippen LogP contribution in [0.1, 0.15) is 64.8 Å². The molecule has 1 amide bonds. The maximum atomic E-state index is 13.8. The zero-order chi connectivity index (χ0) is 22.9. The topological polar surface area (TPSA) is 42.2 Å². The van der Waals surface area contributed by atoms with Crippen molar-refractivity contribution in [1.82, 2.24) is 5.32 Å². The van der Waals surface area contributed by atoms with E-state index in [2.05, 4.69) is 5.32 Å². The number of carbonyl (C=O) groups is 1. The Morgan fingerprint density at radius 1 is 1.12 bits per heavy atom. The molecule has 6 heteroatoms. The lowest BCUT2D eigenvalue weighted by atomic mass is 9.89. The minimum absolute atomic E-state index is 0.123. The van der Waals surface area contributed by atoms with E-state index in [1.54, 1.807) is 24.3 Å². The largest absolute Gasteiger partial charge is 0.456 e. The zero-order valence-corrected chi connectivity index (χ0v) is 18.2. The van der Waals surface area contributed by atoms with Crippen LogP contribution in [0.5, 0.6) is 0 Å². The van der Waals surface area contributed by atoms with Crippen LogP contribution >= 0.6 is 0 Å². The van der Waals surface area contributed by atoms with E-state index in [9.17, 15) is 18.0 Å². The van der Waals surface area contributed by atoms with Crippen LogP contribution in [-0.4, -0.2) is 5.91 Å². The van der Waals surface area contributed by atoms with Gasteiger partial charge in [-0.05, 0) is 61.8 Å². The Kier molecular flexibility index (Phi) is 6.13. The van der Waals surface area contributed by atoms with Crippen LogP contribution in [0.15, 0.2) is 58.7 Å². The number of hydrogen-bond donors (Lipinski definition) is 1. The van der Waals surface area contributed by atoms with E-state index in [1.165, 1.54) is 0 Å². The molecule has 2 aromatic rings. The number of furan rings is 1. The molecule has 0 spiro atoms. The second-order valence-corrected chi connectivity index (χ2v) is 8.33. The van der Waals surface area contributed by atoms with Gasteiger partial charge in [-0.15, -0.1) is 0 Å². The highest BCUT2D eigenvalue weighted by Crippen LogP contribution is 2.43. The highest BCUT2D eigenvalue weighted by molar-refractivity contribution is 5.97. The third-order valence-corrected chi connectivity index (χ3v) is 6.07. The van der Waals surface area contributed by atoms with Crippen LogP contribution in [0.2, 0.25) is 0 Å². The summed E-state index contributed by atoms with van der Waals surface area (Å²) in [6.45, 7) is 3.83. The molecule has 32 heavy (non-hydrogen) atoms. The van der Waals surface area contributed by atoms with Gasteiger partial charge in [0.1, 0.15) is 5.76 Å². The van der Waals surface area contributed by atoms with Gasteiger partial charge in [-0.2, -0.15) is 13.2 Å². The summed E-state index contributed by atoms with van der Waals surface area (Å²) in [7, 11) is 0. The lowest BCUT2D eigenvalue weighted by Crippen LogP contribution is -2.23. The maximum absolute atomic E-state index is 13.8. The molecule has 1 aromatic heterocycles. The van der Waals surface area contributed by atoms with Crippen LogP contribution in [-0.2, 0) is 19.0 Å². The molecule has 2 aliphatic carbocycles. The molecule has 0 saturated carbocycles. The van der Waals surface area contributed by atoms with Crippen molar-refractivity contribution >= 4 is 11.5 Å². The summed E-state index contributed by atoms with van der Waals surface area (Å²) < 4.78 is 46.8. The second-order valence-electron chi connectivity index (χ2n) is 8.33. The van der Waals surface area contributed by atoms with Crippen molar-refractivity contribution in [2.24, 2.45) is 5.92 Å². The number of alkyl halides is 3. The zero-order valence-electron chi connectivity index (χ0n) is 18.2. The fraction of sp³-hybridized carbons (Fsp3) is 0.346. The van der Waals surface area contributed by atoms with Crippen molar-refractivity contribution < 1.29 is 22.4 Å². The number of rotatable bonds is 4. The van der Waals surface area contributed by atoms with E-state index in [4.69, 9.17) is 4.42 Å². The number of carbonyl (C=O) groups excluding carboxylic acids is 1. The van der Waals surface area contributed by atoms with Crippen molar-refractivity contribution in [2.45, 2.75) is 52.1 Å². The summed E-state index contributed by atoms with van der Waals surface area (Å²) in [6.07, 6.45) is 5.99. The van der Waals surface area contributed by atoms with Gasteiger partial charge in [-0.3, -0.25) is 4.79 Å². The SMILES string of the molecule is CCC1C=C(NC(=O)c2ccccc2C)C=CC(c2c(C(F)(F)F)oc3c2CCCC3)=C1.